The van der Waals surface area contributed by atoms with Gasteiger partial charge in [-0.2, -0.15) is 4.98 Å². The number of hydrogen-bond donors (Lipinski definition) is 2. The standard InChI is InChI=1S/C11H16N4O4/c12-10(16)8-7-9(14-11(17)13-8)19-6-3-15-1-4-18-5-2-15/h7H,1-6H2,(H2,12,16)(H,13,14,17). The average molecular weight is 268 g/mol. The number of primary amides is 1. The lowest BCUT2D eigenvalue weighted by molar-refractivity contribution is 0.0319. The Bertz CT molecular complexity index is 496. The molecule has 0 aromatic carbocycles. The van der Waals surface area contributed by atoms with Crippen LogP contribution in [0.3, 0.4) is 0 Å². The zero-order valence-corrected chi connectivity index (χ0v) is 10.4. The summed E-state index contributed by atoms with van der Waals surface area (Å²) >= 11 is 0. The van der Waals surface area contributed by atoms with E-state index in [1.54, 1.807) is 0 Å². The molecule has 1 aromatic heterocycles. The van der Waals surface area contributed by atoms with Crippen molar-refractivity contribution in [1.82, 2.24) is 14.9 Å². The lowest BCUT2D eigenvalue weighted by Crippen LogP contribution is -2.38. The molecule has 1 aromatic rings. The highest BCUT2D eigenvalue weighted by molar-refractivity contribution is 5.90. The van der Waals surface area contributed by atoms with Gasteiger partial charge < -0.3 is 20.2 Å². The van der Waals surface area contributed by atoms with Crippen molar-refractivity contribution in [1.29, 1.82) is 0 Å². The topological polar surface area (TPSA) is 111 Å². The summed E-state index contributed by atoms with van der Waals surface area (Å²) in [7, 11) is 0. The fraction of sp³-hybridized carbons (Fsp3) is 0.545. The van der Waals surface area contributed by atoms with Crippen LogP contribution in [0.2, 0.25) is 0 Å². The second kappa shape index (κ2) is 6.30. The zero-order valence-electron chi connectivity index (χ0n) is 10.4. The number of aromatic nitrogens is 2. The number of rotatable bonds is 5. The molecular weight excluding hydrogens is 252 g/mol. The van der Waals surface area contributed by atoms with E-state index in [2.05, 4.69) is 14.9 Å². The van der Waals surface area contributed by atoms with Crippen LogP contribution in [0.25, 0.3) is 0 Å². The lowest BCUT2D eigenvalue weighted by Gasteiger charge is -2.26. The van der Waals surface area contributed by atoms with Crippen LogP contribution in [0.4, 0.5) is 0 Å². The molecule has 8 nitrogen and oxygen atoms in total. The van der Waals surface area contributed by atoms with Crippen molar-refractivity contribution in [3.05, 3.63) is 22.2 Å². The number of morpholine rings is 1. The van der Waals surface area contributed by atoms with Crippen molar-refractivity contribution in [2.45, 2.75) is 0 Å². The zero-order chi connectivity index (χ0) is 13.7. The smallest absolute Gasteiger partial charge is 0.348 e. The van der Waals surface area contributed by atoms with Gasteiger partial charge in [-0.3, -0.25) is 9.69 Å². The monoisotopic (exact) mass is 268 g/mol. The molecule has 1 saturated heterocycles. The van der Waals surface area contributed by atoms with Gasteiger partial charge in [-0.15, -0.1) is 0 Å². The number of aromatic amines is 1. The van der Waals surface area contributed by atoms with Crippen LogP contribution in [0.15, 0.2) is 10.9 Å². The predicted octanol–water partition coefficient (Wildman–Crippen LogP) is -1.42. The summed E-state index contributed by atoms with van der Waals surface area (Å²) in [6.45, 7) is 4.25. The summed E-state index contributed by atoms with van der Waals surface area (Å²) in [6.07, 6.45) is 0. The molecule has 3 N–H and O–H groups in total. The minimum absolute atomic E-state index is 0.0126. The molecule has 0 atom stereocenters. The highest BCUT2D eigenvalue weighted by Gasteiger charge is 2.11. The van der Waals surface area contributed by atoms with Gasteiger partial charge >= 0.3 is 5.69 Å². The Morgan fingerprint density at radius 2 is 2.26 bits per heavy atom. The van der Waals surface area contributed by atoms with E-state index in [1.165, 1.54) is 6.07 Å². The Labute approximate surface area is 109 Å². The number of carbonyl (C=O) groups excluding carboxylic acids is 1. The first-order valence-corrected chi connectivity index (χ1v) is 5.99. The van der Waals surface area contributed by atoms with Crippen LogP contribution in [-0.2, 0) is 4.74 Å². The molecule has 8 heteroatoms. The maximum Gasteiger partial charge on any atom is 0.348 e. The third-order valence-electron chi connectivity index (χ3n) is 2.75. The number of nitrogens with zero attached hydrogens (tertiary/aromatic N) is 2. The van der Waals surface area contributed by atoms with Crippen molar-refractivity contribution in [2.75, 3.05) is 39.5 Å². The molecule has 0 saturated carbocycles. The second-order valence-electron chi connectivity index (χ2n) is 4.10. The van der Waals surface area contributed by atoms with E-state index in [4.69, 9.17) is 15.2 Å². The SMILES string of the molecule is NC(=O)c1cc(OCCN2CCOCC2)nc(=O)[nH]1. The lowest BCUT2D eigenvalue weighted by atomic mass is 10.4. The van der Waals surface area contributed by atoms with E-state index in [9.17, 15) is 9.59 Å². The molecule has 0 unspecified atom stereocenters. The molecule has 1 fully saturated rings. The first kappa shape index (κ1) is 13.5. The molecule has 1 aliphatic rings. The van der Waals surface area contributed by atoms with E-state index in [0.717, 1.165) is 26.3 Å². The number of amides is 1. The van der Waals surface area contributed by atoms with Gasteiger partial charge in [0, 0.05) is 25.7 Å². The van der Waals surface area contributed by atoms with Crippen molar-refractivity contribution >= 4 is 5.91 Å². The molecule has 0 spiro atoms. The Balaban J connectivity index is 1.88. The molecule has 2 heterocycles. The molecule has 0 bridgehead atoms. The third-order valence-corrected chi connectivity index (χ3v) is 2.75. The minimum atomic E-state index is -0.725. The Morgan fingerprint density at radius 1 is 1.53 bits per heavy atom. The number of ether oxygens (including phenoxy) is 2. The van der Waals surface area contributed by atoms with E-state index < -0.39 is 11.6 Å². The Morgan fingerprint density at radius 3 is 2.95 bits per heavy atom. The summed E-state index contributed by atoms with van der Waals surface area (Å²) in [5.74, 6) is -0.622. The summed E-state index contributed by atoms with van der Waals surface area (Å²) < 4.78 is 10.6. The highest BCUT2D eigenvalue weighted by atomic mass is 16.5. The van der Waals surface area contributed by atoms with Crippen LogP contribution in [0, 0.1) is 0 Å². The van der Waals surface area contributed by atoms with E-state index in [1.807, 2.05) is 0 Å². The highest BCUT2D eigenvalue weighted by Crippen LogP contribution is 2.05. The Hall–Kier alpha value is -1.93. The average Bonchev–Trinajstić information content (AvgIpc) is 2.39. The fourth-order valence-electron chi connectivity index (χ4n) is 1.75. The summed E-state index contributed by atoms with van der Waals surface area (Å²) in [4.78, 5) is 30.2. The number of H-pyrrole nitrogens is 1. The summed E-state index contributed by atoms with van der Waals surface area (Å²) in [6, 6.07) is 1.32. The largest absolute Gasteiger partial charge is 0.476 e. The molecular formula is C11H16N4O4. The number of nitrogens with one attached hydrogen (secondary N) is 1. The normalized spacial score (nSPS) is 16.2. The number of carbonyl (C=O) groups is 1. The van der Waals surface area contributed by atoms with Crippen molar-refractivity contribution in [3.63, 3.8) is 0 Å². The van der Waals surface area contributed by atoms with Crippen molar-refractivity contribution in [2.24, 2.45) is 5.73 Å². The van der Waals surface area contributed by atoms with Gasteiger partial charge in [0.05, 0.1) is 13.2 Å². The van der Waals surface area contributed by atoms with Crippen LogP contribution in [0.1, 0.15) is 10.5 Å². The van der Waals surface area contributed by atoms with Crippen LogP contribution in [-0.4, -0.2) is 60.2 Å². The maximum absolute atomic E-state index is 11.2. The van der Waals surface area contributed by atoms with Crippen molar-refractivity contribution < 1.29 is 14.3 Å². The first-order chi connectivity index (χ1) is 9.15. The summed E-state index contributed by atoms with van der Waals surface area (Å²) in [5, 5.41) is 0. The van der Waals surface area contributed by atoms with E-state index in [0.29, 0.717) is 13.2 Å². The maximum atomic E-state index is 11.2. The molecule has 1 amide bonds. The number of nitrogens with two attached hydrogens (primary N) is 1. The Kier molecular flexibility index (Phi) is 4.48. The van der Waals surface area contributed by atoms with E-state index in [-0.39, 0.29) is 11.6 Å². The minimum Gasteiger partial charge on any atom is -0.476 e. The molecule has 2 rings (SSSR count). The van der Waals surface area contributed by atoms with E-state index >= 15 is 0 Å². The van der Waals surface area contributed by atoms with Crippen LogP contribution < -0.4 is 16.2 Å². The van der Waals surface area contributed by atoms with Gasteiger partial charge in [0.25, 0.3) is 5.91 Å². The molecule has 1 aliphatic heterocycles. The molecule has 0 radical (unpaired) electrons. The molecule has 0 aliphatic carbocycles. The summed E-state index contributed by atoms with van der Waals surface area (Å²) in [5.41, 5.74) is 4.42. The van der Waals surface area contributed by atoms with Gasteiger partial charge in [0.15, 0.2) is 0 Å². The fourth-order valence-corrected chi connectivity index (χ4v) is 1.75. The van der Waals surface area contributed by atoms with Crippen molar-refractivity contribution in [3.8, 4) is 5.88 Å². The van der Waals surface area contributed by atoms with Gasteiger partial charge in [-0.1, -0.05) is 0 Å². The quantitative estimate of drug-likeness (QED) is 0.678. The second-order valence-corrected chi connectivity index (χ2v) is 4.10. The molecule has 104 valence electrons. The molecule has 19 heavy (non-hydrogen) atoms. The van der Waals surface area contributed by atoms with Gasteiger partial charge in [-0.25, -0.2) is 4.79 Å². The van der Waals surface area contributed by atoms with Gasteiger partial charge in [0.1, 0.15) is 12.3 Å². The third kappa shape index (κ3) is 4.04. The predicted molar refractivity (Wildman–Crippen MR) is 66.1 cm³/mol. The van der Waals surface area contributed by atoms with Gasteiger partial charge in [0.2, 0.25) is 5.88 Å². The van der Waals surface area contributed by atoms with Crippen LogP contribution >= 0.6 is 0 Å². The number of hydrogen-bond acceptors (Lipinski definition) is 6. The van der Waals surface area contributed by atoms with Gasteiger partial charge in [-0.05, 0) is 0 Å². The van der Waals surface area contributed by atoms with Crippen LogP contribution in [0.5, 0.6) is 5.88 Å². The first-order valence-electron chi connectivity index (χ1n) is 5.99.